The first-order valence-corrected chi connectivity index (χ1v) is 11.8. The molecular formula is C28H26N4O5. The fourth-order valence-electron chi connectivity index (χ4n) is 4.25. The highest BCUT2D eigenvalue weighted by molar-refractivity contribution is 6.06. The molecule has 1 aliphatic heterocycles. The number of anilines is 1. The number of carboxylic acid groups (broad SMARTS) is 1. The number of methoxy groups -OCH3 is 1. The number of rotatable bonds is 7. The second kappa shape index (κ2) is 9.77. The number of aromatic nitrogens is 3. The maximum absolute atomic E-state index is 13.6. The predicted molar refractivity (Wildman–Crippen MR) is 138 cm³/mol. The second-order valence-electron chi connectivity index (χ2n) is 8.95. The molecule has 1 amide bonds. The van der Waals surface area contributed by atoms with Crippen LogP contribution in [-0.4, -0.2) is 38.9 Å². The molecule has 9 heteroatoms. The molecule has 188 valence electrons. The average Bonchev–Trinajstić information content (AvgIpc) is 3.54. The zero-order valence-corrected chi connectivity index (χ0v) is 20.7. The van der Waals surface area contributed by atoms with Crippen LogP contribution < -0.4 is 9.64 Å². The van der Waals surface area contributed by atoms with Crippen LogP contribution in [0.5, 0.6) is 5.75 Å². The summed E-state index contributed by atoms with van der Waals surface area (Å²) in [5, 5.41) is 13.6. The summed E-state index contributed by atoms with van der Waals surface area (Å²) < 4.78 is 12.4. The fraction of sp³-hybridized carbons (Fsp3) is 0.214. The van der Waals surface area contributed by atoms with Gasteiger partial charge < -0.3 is 19.2 Å². The van der Waals surface area contributed by atoms with Gasteiger partial charge in [-0.25, -0.2) is 9.78 Å². The number of carbonyl (C=O) groups excluding carboxylic acids is 1. The molecule has 0 saturated carbocycles. The number of hydrogen-bond donors (Lipinski definition) is 1. The number of hydrogen-bond acceptors (Lipinski definition) is 6. The van der Waals surface area contributed by atoms with Gasteiger partial charge in [-0.2, -0.15) is 5.10 Å². The van der Waals surface area contributed by atoms with Crippen LogP contribution in [0, 0.1) is 6.92 Å². The monoisotopic (exact) mass is 498 g/mol. The summed E-state index contributed by atoms with van der Waals surface area (Å²) in [7, 11) is 1.61. The summed E-state index contributed by atoms with van der Waals surface area (Å²) >= 11 is 0. The Hall–Kier alpha value is -4.66. The third-order valence-corrected chi connectivity index (χ3v) is 6.38. The Morgan fingerprint density at radius 1 is 1.16 bits per heavy atom. The van der Waals surface area contributed by atoms with Gasteiger partial charge in [0.2, 0.25) is 11.8 Å². The molecule has 2 aromatic heterocycles. The molecule has 0 fully saturated rings. The molecule has 2 aromatic carbocycles. The number of oxazole rings is 1. The Bertz CT molecular complexity index is 1500. The van der Waals surface area contributed by atoms with Crippen LogP contribution in [0.25, 0.3) is 22.8 Å². The van der Waals surface area contributed by atoms with Crippen molar-refractivity contribution < 1.29 is 23.8 Å². The minimum absolute atomic E-state index is 0.0935. The molecule has 5 rings (SSSR count). The summed E-state index contributed by atoms with van der Waals surface area (Å²) in [4.78, 5) is 31.1. The van der Waals surface area contributed by atoms with Gasteiger partial charge in [-0.05, 0) is 54.8 Å². The van der Waals surface area contributed by atoms with Crippen molar-refractivity contribution in [2.75, 3.05) is 12.0 Å². The number of aryl methyl sites for hydroxylation is 1. The lowest BCUT2D eigenvalue weighted by atomic mass is 10.0. The highest BCUT2D eigenvalue weighted by Gasteiger charge is 2.26. The molecule has 0 saturated heterocycles. The van der Waals surface area contributed by atoms with Gasteiger partial charge >= 0.3 is 5.97 Å². The van der Waals surface area contributed by atoms with E-state index < -0.39 is 12.0 Å². The van der Waals surface area contributed by atoms with E-state index in [0.29, 0.717) is 23.8 Å². The van der Waals surface area contributed by atoms with Crippen molar-refractivity contribution in [3.05, 3.63) is 83.8 Å². The number of fused-ring (bicyclic) bond motifs is 1. The Balaban J connectivity index is 1.57. The van der Waals surface area contributed by atoms with Crippen LogP contribution in [0.4, 0.5) is 5.69 Å². The van der Waals surface area contributed by atoms with Crippen molar-refractivity contribution in [3.8, 4) is 16.9 Å². The van der Waals surface area contributed by atoms with Crippen molar-refractivity contribution in [3.63, 3.8) is 0 Å². The van der Waals surface area contributed by atoms with E-state index in [4.69, 9.17) is 9.15 Å². The molecular weight excluding hydrogens is 472 g/mol. The van der Waals surface area contributed by atoms with Crippen molar-refractivity contribution in [2.24, 2.45) is 0 Å². The van der Waals surface area contributed by atoms with Gasteiger partial charge in [0.1, 0.15) is 17.6 Å². The lowest BCUT2D eigenvalue weighted by molar-refractivity contribution is -0.140. The second-order valence-corrected chi connectivity index (χ2v) is 8.95. The van der Waals surface area contributed by atoms with E-state index in [9.17, 15) is 14.7 Å². The van der Waals surface area contributed by atoms with Gasteiger partial charge in [0.15, 0.2) is 0 Å². The SMILES string of the molecule is COc1ccc(CN2C(=O)CC(c3ncc(C)o3)=Cc3ccc(-c4cnn(C(C)C(=O)O)c4)cc32)cc1. The Morgan fingerprint density at radius 3 is 2.62 bits per heavy atom. The summed E-state index contributed by atoms with van der Waals surface area (Å²) in [6.45, 7) is 3.75. The third-order valence-electron chi connectivity index (χ3n) is 6.38. The maximum atomic E-state index is 13.6. The zero-order valence-electron chi connectivity index (χ0n) is 20.7. The molecule has 1 unspecified atom stereocenters. The Morgan fingerprint density at radius 2 is 1.95 bits per heavy atom. The first kappa shape index (κ1) is 24.1. The topological polar surface area (TPSA) is 111 Å². The summed E-state index contributed by atoms with van der Waals surface area (Å²) in [6.07, 6.45) is 7.04. The van der Waals surface area contributed by atoms with Crippen molar-refractivity contribution in [1.82, 2.24) is 14.8 Å². The number of aliphatic carboxylic acids is 1. The van der Waals surface area contributed by atoms with Gasteiger partial charge in [0.05, 0.1) is 38.2 Å². The Kier molecular flexibility index (Phi) is 6.35. The van der Waals surface area contributed by atoms with Gasteiger partial charge in [-0.1, -0.05) is 24.3 Å². The lowest BCUT2D eigenvalue weighted by Crippen LogP contribution is -2.30. The van der Waals surface area contributed by atoms with Crippen LogP contribution in [0.1, 0.15) is 42.2 Å². The summed E-state index contributed by atoms with van der Waals surface area (Å²) in [5.41, 5.74) is 4.80. The molecule has 0 spiro atoms. The standard InChI is InChI=1S/C28H26N4O5/c1-17-13-29-27(37-17)22-10-21-7-6-20(23-14-30-32(16-23)18(2)28(34)35)11-25(21)31(26(33)12-22)15-19-4-8-24(36-3)9-5-19/h4-11,13-14,16,18H,12,15H2,1-3H3,(H,34,35). The van der Waals surface area contributed by atoms with E-state index in [-0.39, 0.29) is 12.3 Å². The minimum Gasteiger partial charge on any atom is -0.497 e. The highest BCUT2D eigenvalue weighted by Crippen LogP contribution is 2.36. The molecule has 4 aromatic rings. The average molecular weight is 499 g/mol. The molecule has 0 aliphatic carbocycles. The predicted octanol–water partition coefficient (Wildman–Crippen LogP) is 4.98. The molecule has 1 aliphatic rings. The lowest BCUT2D eigenvalue weighted by Gasteiger charge is -2.24. The van der Waals surface area contributed by atoms with Gasteiger partial charge in [-0.15, -0.1) is 0 Å². The maximum Gasteiger partial charge on any atom is 0.328 e. The van der Waals surface area contributed by atoms with E-state index in [2.05, 4.69) is 10.1 Å². The van der Waals surface area contributed by atoms with Gasteiger partial charge in [-0.3, -0.25) is 9.48 Å². The van der Waals surface area contributed by atoms with Gasteiger partial charge in [0, 0.05) is 17.3 Å². The zero-order chi connectivity index (χ0) is 26.1. The molecule has 37 heavy (non-hydrogen) atoms. The quantitative estimate of drug-likeness (QED) is 0.383. The number of amides is 1. The van der Waals surface area contributed by atoms with Crippen molar-refractivity contribution in [2.45, 2.75) is 32.9 Å². The molecule has 0 radical (unpaired) electrons. The van der Waals surface area contributed by atoms with Crippen LogP contribution in [0.2, 0.25) is 0 Å². The van der Waals surface area contributed by atoms with Crippen molar-refractivity contribution >= 4 is 29.2 Å². The molecule has 0 bridgehead atoms. The third kappa shape index (κ3) is 4.88. The van der Waals surface area contributed by atoms with E-state index >= 15 is 0 Å². The van der Waals surface area contributed by atoms with Crippen LogP contribution >= 0.6 is 0 Å². The van der Waals surface area contributed by atoms with E-state index in [1.54, 1.807) is 37.5 Å². The normalized spacial score (nSPS) is 14.1. The molecule has 1 N–H and O–H groups in total. The molecule has 1 atom stereocenters. The molecule has 3 heterocycles. The van der Waals surface area contributed by atoms with E-state index in [1.807, 2.05) is 55.5 Å². The van der Waals surface area contributed by atoms with E-state index in [0.717, 1.165) is 33.7 Å². The first-order chi connectivity index (χ1) is 17.8. The largest absolute Gasteiger partial charge is 0.497 e. The first-order valence-electron chi connectivity index (χ1n) is 11.8. The number of carboxylic acids is 1. The number of nitrogens with zero attached hydrogens (tertiary/aromatic N) is 4. The Labute approximate surface area is 213 Å². The molecule has 9 nitrogen and oxygen atoms in total. The van der Waals surface area contributed by atoms with Crippen LogP contribution in [0.3, 0.4) is 0 Å². The fourth-order valence-corrected chi connectivity index (χ4v) is 4.25. The van der Waals surface area contributed by atoms with E-state index in [1.165, 1.54) is 4.68 Å². The van der Waals surface area contributed by atoms with Crippen molar-refractivity contribution in [1.29, 1.82) is 0 Å². The number of carbonyl (C=O) groups is 2. The highest BCUT2D eigenvalue weighted by atomic mass is 16.5. The number of benzene rings is 2. The van der Waals surface area contributed by atoms with Gasteiger partial charge in [0.25, 0.3) is 0 Å². The smallest absolute Gasteiger partial charge is 0.328 e. The van der Waals surface area contributed by atoms with Crippen LogP contribution in [0.15, 0.2) is 65.5 Å². The minimum atomic E-state index is -0.965. The summed E-state index contributed by atoms with van der Waals surface area (Å²) in [6, 6.07) is 12.6. The summed E-state index contributed by atoms with van der Waals surface area (Å²) in [5.74, 6) is 0.780. The number of ether oxygens (including phenoxy) is 1. The van der Waals surface area contributed by atoms with Crippen LogP contribution in [-0.2, 0) is 16.1 Å².